The molecule has 4 rings (SSSR count). The summed E-state index contributed by atoms with van der Waals surface area (Å²) in [5, 5.41) is 13.8. The van der Waals surface area contributed by atoms with Crippen molar-refractivity contribution in [2.45, 2.75) is 70.3 Å². The molecule has 2 fully saturated rings. The molecule has 2 aromatic carbocycles. The first-order valence-corrected chi connectivity index (χ1v) is 13.9. The Hall–Kier alpha value is -3.39. The lowest BCUT2D eigenvalue weighted by Gasteiger charge is -2.26. The number of rotatable bonds is 11. The highest BCUT2D eigenvalue weighted by molar-refractivity contribution is 5.94. The number of hydrogen-bond acceptors (Lipinski definition) is 5. The summed E-state index contributed by atoms with van der Waals surface area (Å²) >= 11 is 0. The minimum Gasteiger partial charge on any atom is -0.488 e. The molecule has 3 amide bonds. The van der Waals surface area contributed by atoms with Crippen LogP contribution in [0, 0.1) is 5.92 Å². The highest BCUT2D eigenvalue weighted by Gasteiger charge is 2.32. The van der Waals surface area contributed by atoms with Gasteiger partial charge in [-0.1, -0.05) is 61.7 Å². The van der Waals surface area contributed by atoms with Crippen LogP contribution < -0.4 is 15.5 Å². The number of amides is 3. The van der Waals surface area contributed by atoms with E-state index in [4.69, 9.17) is 9.94 Å². The third-order valence-corrected chi connectivity index (χ3v) is 7.59. The number of carbonyl (C=O) groups excluding carboxylic acids is 3. The molecule has 1 aliphatic heterocycles. The fourth-order valence-corrected chi connectivity index (χ4v) is 5.42. The maximum atomic E-state index is 13.3. The number of hydrogen-bond donors (Lipinski definition) is 3. The van der Waals surface area contributed by atoms with E-state index in [0.717, 1.165) is 42.9 Å². The average Bonchev–Trinajstić information content (AvgIpc) is 3.42. The topological polar surface area (TPSA) is 108 Å². The van der Waals surface area contributed by atoms with E-state index in [0.29, 0.717) is 43.7 Å². The molecule has 1 saturated carbocycles. The van der Waals surface area contributed by atoms with E-state index in [-0.39, 0.29) is 36.8 Å². The second-order valence-electron chi connectivity index (χ2n) is 10.4. The van der Waals surface area contributed by atoms with Crippen LogP contribution in [0.2, 0.25) is 0 Å². The molecule has 8 heteroatoms. The molecule has 204 valence electrons. The number of fused-ring (bicyclic) bond motifs is 1. The molecule has 1 aliphatic carbocycles. The number of likely N-dealkylation sites (tertiary alicyclic amines) is 1. The van der Waals surface area contributed by atoms with Crippen LogP contribution in [0.25, 0.3) is 10.8 Å². The lowest BCUT2D eigenvalue weighted by molar-refractivity contribution is -0.135. The van der Waals surface area contributed by atoms with Crippen LogP contribution in [0.1, 0.15) is 64.2 Å². The summed E-state index contributed by atoms with van der Waals surface area (Å²) in [6, 6.07) is 13.7. The molecule has 2 aromatic rings. The van der Waals surface area contributed by atoms with E-state index in [1.54, 1.807) is 5.48 Å². The second-order valence-corrected chi connectivity index (χ2v) is 10.4. The van der Waals surface area contributed by atoms with E-state index in [1.165, 1.54) is 6.42 Å². The molecule has 1 unspecified atom stereocenters. The zero-order valence-corrected chi connectivity index (χ0v) is 22.0. The van der Waals surface area contributed by atoms with Gasteiger partial charge in [0, 0.05) is 36.9 Å². The highest BCUT2D eigenvalue weighted by atomic mass is 16.5. The molecule has 2 aliphatic rings. The Morgan fingerprint density at radius 2 is 1.79 bits per heavy atom. The number of ether oxygens (including phenoxy) is 1. The smallest absolute Gasteiger partial charge is 0.250 e. The minimum absolute atomic E-state index is 0.0794. The predicted octanol–water partition coefficient (Wildman–Crippen LogP) is 4.51. The van der Waals surface area contributed by atoms with Crippen molar-refractivity contribution in [1.82, 2.24) is 15.7 Å². The van der Waals surface area contributed by atoms with Gasteiger partial charge in [0.2, 0.25) is 11.8 Å². The lowest BCUT2D eigenvalue weighted by Crippen LogP contribution is -2.41. The van der Waals surface area contributed by atoms with Crippen LogP contribution >= 0.6 is 0 Å². The number of nitrogens with one attached hydrogen (secondary N) is 2. The van der Waals surface area contributed by atoms with Crippen molar-refractivity contribution in [3.05, 3.63) is 54.1 Å². The molecule has 1 heterocycles. The van der Waals surface area contributed by atoms with Gasteiger partial charge in [0.15, 0.2) is 0 Å². The van der Waals surface area contributed by atoms with Crippen LogP contribution in [0.4, 0.5) is 0 Å². The Labute approximate surface area is 224 Å². The Morgan fingerprint density at radius 3 is 2.61 bits per heavy atom. The molecule has 3 N–H and O–H groups in total. The maximum Gasteiger partial charge on any atom is 0.250 e. The normalized spacial score (nSPS) is 18.4. The van der Waals surface area contributed by atoms with Crippen molar-refractivity contribution in [3.63, 3.8) is 0 Å². The van der Waals surface area contributed by atoms with Crippen LogP contribution in [0.5, 0.6) is 5.75 Å². The van der Waals surface area contributed by atoms with Crippen molar-refractivity contribution in [3.8, 4) is 5.75 Å². The summed E-state index contributed by atoms with van der Waals surface area (Å²) in [6.07, 6.45) is 10.2. The Morgan fingerprint density at radius 1 is 1.00 bits per heavy atom. The summed E-state index contributed by atoms with van der Waals surface area (Å²) in [5.74, 6) is 0.487. The van der Waals surface area contributed by atoms with E-state index in [2.05, 4.69) is 5.32 Å². The molecular weight excluding hydrogens is 482 g/mol. The first kappa shape index (κ1) is 27.6. The number of allylic oxidation sites excluding steroid dienone is 1. The summed E-state index contributed by atoms with van der Waals surface area (Å²) in [4.78, 5) is 39.4. The van der Waals surface area contributed by atoms with Gasteiger partial charge in [-0.2, -0.15) is 0 Å². The monoisotopic (exact) mass is 521 g/mol. The van der Waals surface area contributed by atoms with E-state index in [1.807, 2.05) is 53.4 Å². The van der Waals surface area contributed by atoms with Gasteiger partial charge >= 0.3 is 0 Å². The summed E-state index contributed by atoms with van der Waals surface area (Å²) in [5.41, 5.74) is 2.17. The van der Waals surface area contributed by atoms with Gasteiger partial charge in [0.1, 0.15) is 12.4 Å². The number of carbonyl (C=O) groups is 3. The van der Waals surface area contributed by atoms with Gasteiger partial charge in [0.25, 0.3) is 5.91 Å². The highest BCUT2D eigenvalue weighted by Crippen LogP contribution is 2.27. The number of hydroxylamine groups is 1. The summed E-state index contributed by atoms with van der Waals surface area (Å²) in [6.45, 7) is 1.35. The Bertz CT molecular complexity index is 1140. The van der Waals surface area contributed by atoms with Crippen LogP contribution in [0.3, 0.4) is 0 Å². The molecule has 1 atom stereocenters. The van der Waals surface area contributed by atoms with Gasteiger partial charge in [0.05, 0.1) is 5.57 Å². The molecule has 0 bridgehead atoms. The maximum absolute atomic E-state index is 13.3. The van der Waals surface area contributed by atoms with Crippen LogP contribution in [-0.2, 0) is 14.4 Å². The lowest BCUT2D eigenvalue weighted by atomic mass is 9.88. The standard InChI is InChI=1S/C30H39N3O5/c34-28(32-37)17-6-2-5-13-24(21-38-27-16-9-14-22-10-7-8-15-26(22)27)29(35)31-25-18-19-33(20-25)30(36)23-11-3-1-4-12-23/h7-10,13-16,23,25,37H,1-6,11-12,17-21H2,(H,31,35)(H,32,34). The van der Waals surface area contributed by atoms with Gasteiger partial charge in [-0.3, -0.25) is 19.6 Å². The third kappa shape index (κ3) is 7.57. The van der Waals surface area contributed by atoms with Crippen molar-refractivity contribution in [1.29, 1.82) is 0 Å². The Balaban J connectivity index is 1.37. The molecule has 38 heavy (non-hydrogen) atoms. The van der Waals surface area contributed by atoms with Crippen molar-refractivity contribution >= 4 is 28.5 Å². The summed E-state index contributed by atoms with van der Waals surface area (Å²) < 4.78 is 6.13. The van der Waals surface area contributed by atoms with Gasteiger partial charge < -0.3 is 15.0 Å². The van der Waals surface area contributed by atoms with E-state index >= 15 is 0 Å². The first-order valence-electron chi connectivity index (χ1n) is 13.9. The zero-order valence-electron chi connectivity index (χ0n) is 22.0. The molecular formula is C30H39N3O5. The van der Waals surface area contributed by atoms with Gasteiger partial charge in [-0.15, -0.1) is 0 Å². The largest absolute Gasteiger partial charge is 0.488 e. The van der Waals surface area contributed by atoms with Gasteiger partial charge in [-0.05, 0) is 50.0 Å². The van der Waals surface area contributed by atoms with Crippen LogP contribution in [-0.4, -0.2) is 53.6 Å². The number of unbranched alkanes of at least 4 members (excludes halogenated alkanes) is 2. The molecule has 0 spiro atoms. The zero-order chi connectivity index (χ0) is 26.7. The van der Waals surface area contributed by atoms with Crippen LogP contribution in [0.15, 0.2) is 54.1 Å². The summed E-state index contributed by atoms with van der Waals surface area (Å²) in [7, 11) is 0. The fourth-order valence-electron chi connectivity index (χ4n) is 5.42. The van der Waals surface area contributed by atoms with E-state index < -0.39 is 5.91 Å². The SMILES string of the molecule is O=C(CCCCC=C(COc1cccc2ccccc12)C(=O)NC1CCN(C(=O)C2CCCCC2)C1)NO. The molecule has 0 aromatic heterocycles. The fraction of sp³-hybridized carbons (Fsp3) is 0.500. The Kier molecular flexibility index (Phi) is 10.1. The van der Waals surface area contributed by atoms with E-state index in [9.17, 15) is 14.4 Å². The quantitative estimate of drug-likeness (QED) is 0.175. The molecule has 0 radical (unpaired) electrons. The van der Waals surface area contributed by atoms with Crippen molar-refractivity contribution in [2.75, 3.05) is 19.7 Å². The third-order valence-electron chi connectivity index (χ3n) is 7.59. The minimum atomic E-state index is -0.417. The second kappa shape index (κ2) is 14.0. The average molecular weight is 522 g/mol. The van der Waals surface area contributed by atoms with Gasteiger partial charge in [-0.25, -0.2) is 5.48 Å². The number of benzene rings is 2. The molecule has 8 nitrogen and oxygen atoms in total. The number of nitrogens with zero attached hydrogens (tertiary/aromatic N) is 1. The van der Waals surface area contributed by atoms with Crippen molar-refractivity contribution < 1.29 is 24.3 Å². The predicted molar refractivity (Wildman–Crippen MR) is 146 cm³/mol. The van der Waals surface area contributed by atoms with Crippen molar-refractivity contribution in [2.24, 2.45) is 5.92 Å². The molecule has 1 saturated heterocycles. The first-order chi connectivity index (χ1) is 18.5.